The molecular formula is C16H17N3O5. The van der Waals surface area contributed by atoms with Crippen LogP contribution in [0.2, 0.25) is 0 Å². The molecule has 2 atom stereocenters. The molecule has 0 spiro atoms. The largest absolute Gasteiger partial charge is 0.462 e. The number of hydrogen-bond donors (Lipinski definition) is 1. The highest BCUT2D eigenvalue weighted by atomic mass is 16.5. The van der Waals surface area contributed by atoms with Crippen LogP contribution >= 0.6 is 0 Å². The topological polar surface area (TPSA) is 96.0 Å². The van der Waals surface area contributed by atoms with Gasteiger partial charge < -0.3 is 15.0 Å². The second-order valence-corrected chi connectivity index (χ2v) is 5.79. The Morgan fingerprint density at radius 2 is 1.88 bits per heavy atom. The van der Waals surface area contributed by atoms with Gasteiger partial charge in [0.25, 0.3) is 5.91 Å². The van der Waals surface area contributed by atoms with Crippen LogP contribution in [0.15, 0.2) is 24.3 Å². The number of urea groups is 1. The summed E-state index contributed by atoms with van der Waals surface area (Å²) >= 11 is 0. The van der Waals surface area contributed by atoms with Crippen molar-refractivity contribution in [1.82, 2.24) is 10.2 Å². The summed E-state index contributed by atoms with van der Waals surface area (Å²) in [5.41, 5.74) is 1.41. The van der Waals surface area contributed by atoms with E-state index in [4.69, 9.17) is 0 Å². The second kappa shape index (κ2) is 5.95. The summed E-state index contributed by atoms with van der Waals surface area (Å²) in [6.07, 6.45) is 0.409. The van der Waals surface area contributed by atoms with Crippen molar-refractivity contribution in [2.45, 2.75) is 25.4 Å². The number of nitrogens with one attached hydrogen (secondary N) is 1. The van der Waals surface area contributed by atoms with Gasteiger partial charge in [0, 0.05) is 6.54 Å². The third kappa shape index (κ3) is 2.49. The van der Waals surface area contributed by atoms with Crippen LogP contribution in [-0.2, 0) is 19.1 Å². The smallest absolute Gasteiger partial charge is 0.396 e. The van der Waals surface area contributed by atoms with E-state index >= 15 is 0 Å². The number of methoxy groups -OCH3 is 1. The van der Waals surface area contributed by atoms with Crippen LogP contribution in [0.4, 0.5) is 10.5 Å². The van der Waals surface area contributed by atoms with Crippen LogP contribution in [0, 0.1) is 6.92 Å². The van der Waals surface area contributed by atoms with Crippen LogP contribution in [0.25, 0.3) is 0 Å². The van der Waals surface area contributed by atoms with Gasteiger partial charge in [0.05, 0.1) is 18.8 Å². The lowest BCUT2D eigenvalue weighted by Gasteiger charge is -2.36. The van der Waals surface area contributed by atoms with Crippen LogP contribution in [0.1, 0.15) is 12.0 Å². The van der Waals surface area contributed by atoms with Gasteiger partial charge in [-0.1, -0.05) is 17.7 Å². The Balaban J connectivity index is 1.91. The molecule has 0 saturated carbocycles. The first-order chi connectivity index (χ1) is 11.4. The monoisotopic (exact) mass is 331 g/mol. The van der Waals surface area contributed by atoms with Gasteiger partial charge >= 0.3 is 17.9 Å². The fourth-order valence-corrected chi connectivity index (χ4v) is 3.08. The molecule has 2 aliphatic rings. The Hall–Kier alpha value is -2.90. The summed E-state index contributed by atoms with van der Waals surface area (Å²) in [6, 6.07) is 4.96. The highest BCUT2D eigenvalue weighted by molar-refractivity contribution is 6.33. The van der Waals surface area contributed by atoms with Gasteiger partial charge in [-0.2, -0.15) is 0 Å². The van der Waals surface area contributed by atoms with Crippen molar-refractivity contribution < 1.29 is 23.9 Å². The van der Waals surface area contributed by atoms with Crippen LogP contribution in [0.5, 0.6) is 0 Å². The van der Waals surface area contributed by atoms with Crippen molar-refractivity contribution in [3.05, 3.63) is 29.8 Å². The van der Waals surface area contributed by atoms with Crippen molar-refractivity contribution in [3.8, 4) is 0 Å². The molecule has 0 aliphatic carbocycles. The van der Waals surface area contributed by atoms with Gasteiger partial charge in [-0.25, -0.2) is 14.5 Å². The number of esters is 1. The molecule has 1 aromatic carbocycles. The Labute approximate surface area is 138 Å². The summed E-state index contributed by atoms with van der Waals surface area (Å²) in [7, 11) is 1.11. The number of aryl methyl sites for hydroxylation is 1. The molecule has 3 rings (SSSR count). The molecule has 0 aromatic heterocycles. The van der Waals surface area contributed by atoms with Crippen LogP contribution in [-0.4, -0.2) is 54.5 Å². The van der Waals surface area contributed by atoms with Crippen LogP contribution in [0.3, 0.4) is 0 Å². The van der Waals surface area contributed by atoms with Crippen molar-refractivity contribution in [2.24, 2.45) is 0 Å². The molecule has 2 aliphatic heterocycles. The van der Waals surface area contributed by atoms with Crippen molar-refractivity contribution in [2.75, 3.05) is 18.6 Å². The van der Waals surface area contributed by atoms with Crippen LogP contribution < -0.4 is 10.2 Å². The third-order valence-electron chi connectivity index (χ3n) is 4.30. The highest BCUT2D eigenvalue weighted by Crippen LogP contribution is 2.28. The number of amides is 4. The lowest BCUT2D eigenvalue weighted by molar-refractivity contribution is -0.159. The molecule has 8 nitrogen and oxygen atoms in total. The number of nitrogens with zero attached hydrogens (tertiary/aromatic N) is 2. The molecule has 1 N–H and O–H groups in total. The predicted molar refractivity (Wildman–Crippen MR) is 83.1 cm³/mol. The molecule has 2 unspecified atom stereocenters. The quantitative estimate of drug-likeness (QED) is 0.585. The SMILES string of the molecule is COC(=O)C(=O)N1CCC2NC(=O)N(c3ccc(C)cc3)C(=O)C21. The lowest BCUT2D eigenvalue weighted by Crippen LogP contribution is -2.65. The van der Waals surface area contributed by atoms with E-state index in [0.717, 1.165) is 17.6 Å². The maximum absolute atomic E-state index is 12.8. The van der Waals surface area contributed by atoms with Gasteiger partial charge in [-0.3, -0.25) is 9.59 Å². The van der Waals surface area contributed by atoms with E-state index in [1.165, 1.54) is 4.90 Å². The van der Waals surface area contributed by atoms with Crippen molar-refractivity contribution >= 4 is 29.5 Å². The van der Waals surface area contributed by atoms with Gasteiger partial charge in [-0.15, -0.1) is 0 Å². The number of fused-ring (bicyclic) bond motifs is 1. The molecule has 8 heteroatoms. The number of likely N-dealkylation sites (tertiary alicyclic amines) is 1. The standard InChI is InChI=1S/C16H17N3O5/c1-9-3-5-10(6-4-9)19-13(20)12-11(17-16(19)23)7-8-18(12)14(21)15(22)24-2/h3-6,11-12H,7-8H2,1-2H3,(H,17,23). The summed E-state index contributed by atoms with van der Waals surface area (Å²) in [4.78, 5) is 50.9. The number of benzene rings is 1. The van der Waals surface area contributed by atoms with E-state index in [2.05, 4.69) is 10.1 Å². The maximum atomic E-state index is 12.8. The van der Waals surface area contributed by atoms with Gasteiger partial charge in [0.15, 0.2) is 0 Å². The number of imide groups is 1. The van der Waals surface area contributed by atoms with Crippen molar-refractivity contribution in [3.63, 3.8) is 0 Å². The highest BCUT2D eigenvalue weighted by Gasteiger charge is 2.51. The van der Waals surface area contributed by atoms with E-state index < -0.39 is 35.9 Å². The molecule has 2 saturated heterocycles. The zero-order valence-electron chi connectivity index (χ0n) is 13.3. The van der Waals surface area contributed by atoms with E-state index in [-0.39, 0.29) is 6.54 Å². The van der Waals surface area contributed by atoms with Gasteiger partial charge in [0.2, 0.25) is 0 Å². The Bertz CT molecular complexity index is 715. The first-order valence-electron chi connectivity index (χ1n) is 7.54. The molecule has 0 radical (unpaired) electrons. The molecular weight excluding hydrogens is 314 g/mol. The van der Waals surface area contributed by atoms with Crippen molar-refractivity contribution in [1.29, 1.82) is 0 Å². The first kappa shape index (κ1) is 16.0. The zero-order valence-corrected chi connectivity index (χ0v) is 13.3. The minimum atomic E-state index is -1.03. The summed E-state index contributed by atoms with van der Waals surface area (Å²) in [5, 5.41) is 2.73. The second-order valence-electron chi connectivity index (χ2n) is 5.79. The minimum Gasteiger partial charge on any atom is -0.462 e. The molecule has 2 heterocycles. The third-order valence-corrected chi connectivity index (χ3v) is 4.30. The number of carbonyl (C=O) groups excluding carboxylic acids is 4. The number of ether oxygens (including phenoxy) is 1. The zero-order chi connectivity index (χ0) is 17.4. The van der Waals surface area contributed by atoms with E-state index in [1.807, 2.05) is 6.92 Å². The Morgan fingerprint density at radius 3 is 2.50 bits per heavy atom. The number of carbonyl (C=O) groups is 4. The minimum absolute atomic E-state index is 0.205. The predicted octanol–water partition coefficient (Wildman–Crippen LogP) is 0.194. The Morgan fingerprint density at radius 1 is 1.21 bits per heavy atom. The lowest BCUT2D eigenvalue weighted by atomic mass is 10.0. The number of rotatable bonds is 1. The molecule has 126 valence electrons. The fourth-order valence-electron chi connectivity index (χ4n) is 3.08. The summed E-state index contributed by atoms with van der Waals surface area (Å²) < 4.78 is 4.44. The normalized spacial score (nSPS) is 22.9. The molecule has 24 heavy (non-hydrogen) atoms. The first-order valence-corrected chi connectivity index (χ1v) is 7.54. The number of hydrogen-bond acceptors (Lipinski definition) is 5. The average Bonchev–Trinajstić information content (AvgIpc) is 2.99. The molecule has 2 fully saturated rings. The van der Waals surface area contributed by atoms with Gasteiger partial charge in [-0.05, 0) is 25.5 Å². The summed E-state index contributed by atoms with van der Waals surface area (Å²) in [6.45, 7) is 2.10. The molecule has 4 amide bonds. The van der Waals surface area contributed by atoms with Gasteiger partial charge in [0.1, 0.15) is 6.04 Å². The Kier molecular flexibility index (Phi) is 3.96. The fraction of sp³-hybridized carbons (Fsp3) is 0.375. The summed E-state index contributed by atoms with van der Waals surface area (Å²) in [5.74, 6) is -2.43. The molecule has 1 aromatic rings. The average molecular weight is 331 g/mol. The molecule has 0 bridgehead atoms. The maximum Gasteiger partial charge on any atom is 0.396 e. The van der Waals surface area contributed by atoms with E-state index in [1.54, 1.807) is 24.3 Å². The van der Waals surface area contributed by atoms with E-state index in [0.29, 0.717) is 12.1 Å². The van der Waals surface area contributed by atoms with E-state index in [9.17, 15) is 19.2 Å². The number of anilines is 1.